The molecule has 1 aromatic carbocycles. The molecule has 0 unspecified atom stereocenters. The summed E-state index contributed by atoms with van der Waals surface area (Å²) in [5.74, 6) is -0.976. The number of ether oxygens (including phenoxy) is 1. The Bertz CT molecular complexity index is 1030. The fraction of sp³-hybridized carbons (Fsp3) is 0.522. The van der Waals surface area contributed by atoms with Crippen LogP contribution in [-0.2, 0) is 0 Å². The van der Waals surface area contributed by atoms with E-state index in [0.29, 0.717) is 11.5 Å². The normalized spacial score (nSPS) is 14.9. The van der Waals surface area contributed by atoms with Crippen molar-refractivity contribution in [1.29, 1.82) is 0 Å². The second-order valence-electron chi connectivity index (χ2n) is 8.19. The van der Waals surface area contributed by atoms with Crippen LogP contribution in [0.25, 0.3) is 16.9 Å². The van der Waals surface area contributed by atoms with Gasteiger partial charge in [-0.1, -0.05) is 44.2 Å². The average molecular weight is 466 g/mol. The van der Waals surface area contributed by atoms with Crippen LogP contribution in [-0.4, -0.2) is 52.2 Å². The third kappa shape index (κ3) is 5.35. The Kier molecular flexibility index (Phi) is 8.37. The van der Waals surface area contributed by atoms with Gasteiger partial charge in [-0.3, -0.25) is 0 Å². The van der Waals surface area contributed by atoms with Gasteiger partial charge in [-0.05, 0) is 33.5 Å². The van der Waals surface area contributed by atoms with E-state index in [0.717, 1.165) is 57.2 Å². The molecule has 1 aliphatic rings. The molecule has 1 saturated carbocycles. The van der Waals surface area contributed by atoms with Crippen molar-refractivity contribution in [1.82, 2.24) is 24.5 Å². The van der Waals surface area contributed by atoms with Crippen molar-refractivity contribution in [2.75, 3.05) is 27.7 Å². The largest absolute Gasteiger partial charge is 0.497 e. The quantitative estimate of drug-likeness (QED) is 0.363. The van der Waals surface area contributed by atoms with Crippen LogP contribution in [0, 0.1) is 11.6 Å². The molecule has 0 atom stereocenters. The van der Waals surface area contributed by atoms with Crippen molar-refractivity contribution in [3.8, 4) is 16.9 Å². The van der Waals surface area contributed by atoms with Crippen LogP contribution in [0.1, 0.15) is 57.1 Å². The van der Waals surface area contributed by atoms with Gasteiger partial charge < -0.3 is 9.64 Å². The summed E-state index contributed by atoms with van der Waals surface area (Å²) >= 11 is 6.42. The van der Waals surface area contributed by atoms with Crippen LogP contribution in [0.2, 0.25) is 5.15 Å². The molecular weight excluding hydrogens is 436 g/mol. The lowest BCUT2D eigenvalue weighted by Gasteiger charge is -2.21. The zero-order valence-corrected chi connectivity index (χ0v) is 19.8. The van der Waals surface area contributed by atoms with Crippen LogP contribution in [0.15, 0.2) is 18.5 Å². The maximum Gasteiger partial charge on any atom is 0.253 e. The highest BCUT2D eigenvalue weighted by Gasteiger charge is 2.29. The molecule has 0 aliphatic heterocycles. The summed E-state index contributed by atoms with van der Waals surface area (Å²) in [4.78, 5) is 10.4. The number of nitrogens with zero attached hydrogens (tertiary/aromatic N) is 5. The zero-order chi connectivity index (χ0) is 23.3. The Morgan fingerprint density at radius 3 is 2.22 bits per heavy atom. The first kappa shape index (κ1) is 24.3. The minimum absolute atomic E-state index is 0.0257. The van der Waals surface area contributed by atoms with E-state index in [1.54, 1.807) is 4.52 Å². The van der Waals surface area contributed by atoms with Gasteiger partial charge in [0.15, 0.2) is 0 Å². The summed E-state index contributed by atoms with van der Waals surface area (Å²) in [6.45, 7) is 3.26. The van der Waals surface area contributed by atoms with Gasteiger partial charge in [0, 0.05) is 23.6 Å². The van der Waals surface area contributed by atoms with Gasteiger partial charge in [0.05, 0.1) is 18.4 Å². The molecule has 1 aliphatic carbocycles. The molecule has 0 radical (unpaired) electrons. The summed E-state index contributed by atoms with van der Waals surface area (Å²) in [5, 5.41) is 4.29. The molecule has 174 valence electrons. The number of rotatable bonds is 4. The van der Waals surface area contributed by atoms with Crippen LogP contribution >= 0.6 is 11.6 Å². The highest BCUT2D eigenvalue weighted by Crippen LogP contribution is 2.42. The zero-order valence-electron chi connectivity index (χ0n) is 19.0. The molecule has 32 heavy (non-hydrogen) atoms. The Morgan fingerprint density at radius 2 is 1.69 bits per heavy atom. The number of fused-ring (bicyclic) bond motifs is 1. The summed E-state index contributed by atoms with van der Waals surface area (Å²) in [5.41, 5.74) is 0.719. The van der Waals surface area contributed by atoms with E-state index in [-0.39, 0.29) is 27.9 Å². The summed E-state index contributed by atoms with van der Waals surface area (Å²) in [6, 6.07) is 2.30. The van der Waals surface area contributed by atoms with Crippen LogP contribution in [0.5, 0.6) is 5.75 Å². The van der Waals surface area contributed by atoms with Gasteiger partial charge >= 0.3 is 0 Å². The van der Waals surface area contributed by atoms with Crippen molar-refractivity contribution in [3.63, 3.8) is 0 Å². The van der Waals surface area contributed by atoms with Crippen LogP contribution < -0.4 is 4.74 Å². The fourth-order valence-electron chi connectivity index (χ4n) is 3.90. The predicted molar refractivity (Wildman–Crippen MR) is 122 cm³/mol. The van der Waals surface area contributed by atoms with E-state index >= 15 is 0 Å². The Balaban J connectivity index is 0.000000523. The average Bonchev–Trinajstić information content (AvgIpc) is 3.05. The monoisotopic (exact) mass is 465 g/mol. The molecule has 0 saturated heterocycles. The lowest BCUT2D eigenvalue weighted by atomic mass is 9.90. The second kappa shape index (κ2) is 11.0. The molecule has 2 heterocycles. The first-order chi connectivity index (χ1) is 15.4. The summed E-state index contributed by atoms with van der Waals surface area (Å²) < 4.78 is 36.3. The molecule has 6 nitrogen and oxygen atoms in total. The molecule has 1 fully saturated rings. The van der Waals surface area contributed by atoms with E-state index in [4.69, 9.17) is 16.3 Å². The van der Waals surface area contributed by atoms with Crippen LogP contribution in [0.4, 0.5) is 8.78 Å². The topological polar surface area (TPSA) is 55.5 Å². The summed E-state index contributed by atoms with van der Waals surface area (Å²) in [7, 11) is 5.47. The molecule has 0 spiro atoms. The molecular formula is C23H30ClF2N5O. The predicted octanol–water partition coefficient (Wildman–Crippen LogP) is 5.74. The SMILES string of the molecule is CCN(C)C.COc1cc(F)c(-c2c(Cl)nc3ncnn3c2C2CCCCCC2)c(F)c1. The number of methoxy groups -OCH3 is 1. The van der Waals surface area contributed by atoms with Gasteiger partial charge in [-0.15, -0.1) is 0 Å². The van der Waals surface area contributed by atoms with Gasteiger partial charge in [0.25, 0.3) is 5.78 Å². The minimum atomic E-state index is -0.745. The van der Waals surface area contributed by atoms with E-state index in [1.165, 1.54) is 13.4 Å². The number of hydrogen-bond donors (Lipinski definition) is 0. The van der Waals surface area contributed by atoms with Crippen molar-refractivity contribution >= 4 is 17.4 Å². The molecule has 0 N–H and O–H groups in total. The standard InChI is InChI=1S/C19H19ClF2N4O.C4H11N/c1-27-12-8-13(21)15(14(22)9-12)16-17(11-6-4-2-3-5-7-11)26-19(23-10-24-26)25-18(16)20;1-4-5(2)3/h8-11H,2-7H2,1H3;4H2,1-3H3. The van der Waals surface area contributed by atoms with Crippen molar-refractivity contribution in [3.05, 3.63) is 40.9 Å². The Morgan fingerprint density at radius 1 is 1.09 bits per heavy atom. The number of aromatic nitrogens is 4. The number of benzene rings is 1. The maximum atomic E-state index is 14.9. The van der Waals surface area contributed by atoms with Gasteiger partial charge in [0.1, 0.15) is 28.9 Å². The lowest BCUT2D eigenvalue weighted by Crippen LogP contribution is -2.12. The smallest absolute Gasteiger partial charge is 0.253 e. The second-order valence-corrected chi connectivity index (χ2v) is 8.54. The molecule has 4 rings (SSSR count). The van der Waals surface area contributed by atoms with Gasteiger partial charge in [-0.25, -0.2) is 13.3 Å². The third-order valence-electron chi connectivity index (χ3n) is 5.79. The van der Waals surface area contributed by atoms with Gasteiger partial charge in [-0.2, -0.15) is 15.1 Å². The first-order valence-corrected chi connectivity index (χ1v) is 11.3. The fourth-order valence-corrected chi connectivity index (χ4v) is 4.17. The van der Waals surface area contributed by atoms with Gasteiger partial charge in [0.2, 0.25) is 0 Å². The molecule has 0 bridgehead atoms. The number of hydrogen-bond acceptors (Lipinski definition) is 5. The molecule has 2 aromatic heterocycles. The van der Waals surface area contributed by atoms with Crippen molar-refractivity contribution < 1.29 is 13.5 Å². The lowest BCUT2D eigenvalue weighted by molar-refractivity contribution is 0.407. The Hall–Kier alpha value is -2.32. The minimum Gasteiger partial charge on any atom is -0.497 e. The van der Waals surface area contributed by atoms with E-state index in [9.17, 15) is 8.78 Å². The highest BCUT2D eigenvalue weighted by molar-refractivity contribution is 6.32. The molecule has 9 heteroatoms. The van der Waals surface area contributed by atoms with E-state index < -0.39 is 11.6 Å². The maximum absolute atomic E-state index is 14.9. The van der Waals surface area contributed by atoms with Crippen molar-refractivity contribution in [2.24, 2.45) is 0 Å². The van der Waals surface area contributed by atoms with Crippen molar-refractivity contribution in [2.45, 2.75) is 51.4 Å². The van der Waals surface area contributed by atoms with E-state index in [2.05, 4.69) is 41.0 Å². The summed E-state index contributed by atoms with van der Waals surface area (Å²) in [6.07, 6.45) is 7.58. The number of halogens is 3. The first-order valence-electron chi connectivity index (χ1n) is 10.9. The third-order valence-corrected chi connectivity index (χ3v) is 6.07. The van der Waals surface area contributed by atoms with Crippen LogP contribution in [0.3, 0.4) is 0 Å². The molecule has 0 amide bonds. The van der Waals surface area contributed by atoms with E-state index in [1.807, 2.05) is 0 Å². The Labute approximate surface area is 192 Å². The highest BCUT2D eigenvalue weighted by atomic mass is 35.5. The molecule has 3 aromatic rings.